The van der Waals surface area contributed by atoms with Gasteiger partial charge in [-0.3, -0.25) is 4.79 Å². The van der Waals surface area contributed by atoms with Gasteiger partial charge in [0.2, 0.25) is 0 Å². The van der Waals surface area contributed by atoms with Crippen LogP contribution in [0.1, 0.15) is 53.8 Å². The van der Waals surface area contributed by atoms with Crippen molar-refractivity contribution in [3.05, 3.63) is 50.8 Å². The molecule has 118 valence electrons. The van der Waals surface area contributed by atoms with Crippen LogP contribution in [0.5, 0.6) is 0 Å². The van der Waals surface area contributed by atoms with E-state index in [0.29, 0.717) is 5.92 Å². The van der Waals surface area contributed by atoms with Crippen LogP contribution < -0.4 is 5.32 Å². The second kappa shape index (κ2) is 5.38. The molecule has 2 heterocycles. The minimum atomic E-state index is -0.0261. The highest BCUT2D eigenvalue weighted by atomic mass is 79.9. The molecule has 1 atom stereocenters. The molecule has 0 saturated heterocycles. The average molecular weight is 371 g/mol. The van der Waals surface area contributed by atoms with Gasteiger partial charge in [-0.05, 0) is 67.5 Å². The number of aryl methyl sites for hydroxylation is 1. The fourth-order valence-electron chi connectivity index (χ4n) is 3.74. The van der Waals surface area contributed by atoms with Gasteiger partial charge in [-0.1, -0.05) is 22.9 Å². The Morgan fingerprint density at radius 3 is 2.96 bits per heavy atom. The molecule has 2 aromatic rings. The van der Waals surface area contributed by atoms with Crippen LogP contribution in [0, 0.1) is 6.92 Å². The maximum absolute atomic E-state index is 12.4. The topological polar surface area (TPSA) is 44.9 Å². The molecule has 0 spiro atoms. The normalized spacial score (nSPS) is 21.3. The molecule has 0 radical (unpaired) electrons. The van der Waals surface area contributed by atoms with E-state index in [0.717, 1.165) is 39.0 Å². The number of amides is 1. The van der Waals surface area contributed by atoms with Crippen LogP contribution in [0.15, 0.2) is 22.7 Å². The molecule has 1 amide bonds. The first-order valence-electron chi connectivity index (χ1n) is 8.09. The summed E-state index contributed by atoms with van der Waals surface area (Å²) in [5, 5.41) is 2.96. The van der Waals surface area contributed by atoms with Crippen LogP contribution in [0.3, 0.4) is 0 Å². The number of fused-ring (bicyclic) bond motifs is 2. The monoisotopic (exact) mass is 370 g/mol. The molecule has 2 aliphatic rings. The number of rotatable bonds is 1. The summed E-state index contributed by atoms with van der Waals surface area (Å²) < 4.78 is 1.03. The minimum absolute atomic E-state index is 0.0261. The average Bonchev–Trinajstić information content (AvgIpc) is 3.06. The fraction of sp³-hybridized carbons (Fsp3) is 0.316. The summed E-state index contributed by atoms with van der Waals surface area (Å²) in [6, 6.07) is 6.14. The van der Waals surface area contributed by atoms with Gasteiger partial charge in [-0.25, -0.2) is 0 Å². The highest BCUT2D eigenvalue weighted by Gasteiger charge is 2.27. The van der Waals surface area contributed by atoms with Crippen LogP contribution in [-0.4, -0.2) is 10.9 Å². The number of nitrogens with one attached hydrogen (secondary N) is 2. The standard InChI is InChI=1S/C19H19BrN2O/c1-10-4-3-5-16-13(10)8-12(21-16)9-14-18-11(2)15(20)6-7-17(18)22-19(14)23/h6-10,21H,3-5H2,1-2H3,(H,22,23). The lowest BCUT2D eigenvalue weighted by Crippen LogP contribution is -2.04. The number of aromatic amines is 1. The lowest BCUT2D eigenvalue weighted by atomic mass is 9.88. The maximum Gasteiger partial charge on any atom is 0.256 e. The van der Waals surface area contributed by atoms with Crippen molar-refractivity contribution in [2.75, 3.05) is 5.32 Å². The molecule has 1 unspecified atom stereocenters. The molecule has 4 heteroatoms. The first-order chi connectivity index (χ1) is 11.0. The third-order valence-electron chi connectivity index (χ3n) is 5.01. The van der Waals surface area contributed by atoms with Crippen molar-refractivity contribution >= 4 is 39.2 Å². The third kappa shape index (κ3) is 2.36. The van der Waals surface area contributed by atoms with Crippen LogP contribution in [-0.2, 0) is 11.2 Å². The Hall–Kier alpha value is -1.81. The van der Waals surface area contributed by atoms with Crippen LogP contribution in [0.25, 0.3) is 11.6 Å². The molecule has 1 aliphatic heterocycles. The second-order valence-corrected chi connectivity index (χ2v) is 7.41. The van der Waals surface area contributed by atoms with E-state index in [2.05, 4.69) is 39.2 Å². The molecular weight excluding hydrogens is 352 g/mol. The van der Waals surface area contributed by atoms with Crippen molar-refractivity contribution < 1.29 is 4.79 Å². The molecule has 3 nitrogen and oxygen atoms in total. The number of hydrogen-bond donors (Lipinski definition) is 2. The molecule has 0 fully saturated rings. The predicted octanol–water partition coefficient (Wildman–Crippen LogP) is 5.02. The number of aromatic nitrogens is 1. The van der Waals surface area contributed by atoms with E-state index in [1.807, 2.05) is 25.1 Å². The van der Waals surface area contributed by atoms with Crippen molar-refractivity contribution in [3.63, 3.8) is 0 Å². The van der Waals surface area contributed by atoms with Gasteiger partial charge in [0, 0.05) is 27.1 Å². The molecular formula is C19H19BrN2O. The summed E-state index contributed by atoms with van der Waals surface area (Å²) in [6.45, 7) is 4.32. The first-order valence-corrected chi connectivity index (χ1v) is 8.88. The van der Waals surface area contributed by atoms with Crippen molar-refractivity contribution in [2.24, 2.45) is 0 Å². The number of benzene rings is 1. The van der Waals surface area contributed by atoms with Crippen molar-refractivity contribution in [2.45, 2.75) is 39.0 Å². The van der Waals surface area contributed by atoms with E-state index < -0.39 is 0 Å². The largest absolute Gasteiger partial charge is 0.359 e. The Morgan fingerprint density at radius 1 is 1.35 bits per heavy atom. The van der Waals surface area contributed by atoms with Gasteiger partial charge in [0.15, 0.2) is 0 Å². The number of H-pyrrole nitrogens is 1. The lowest BCUT2D eigenvalue weighted by Gasteiger charge is -2.17. The quantitative estimate of drug-likeness (QED) is 0.680. The van der Waals surface area contributed by atoms with Crippen LogP contribution in [0.4, 0.5) is 5.69 Å². The Labute approximate surface area is 144 Å². The second-order valence-electron chi connectivity index (χ2n) is 6.56. The van der Waals surface area contributed by atoms with Gasteiger partial charge in [0.1, 0.15) is 0 Å². The molecule has 1 aromatic carbocycles. The fourth-order valence-corrected chi connectivity index (χ4v) is 4.07. The SMILES string of the molecule is Cc1c(Br)ccc2c1C(=Cc1cc3c([nH]1)CCCC3C)C(=O)N2. The van der Waals surface area contributed by atoms with Gasteiger partial charge in [-0.15, -0.1) is 0 Å². The summed E-state index contributed by atoms with van der Waals surface area (Å²) in [6.07, 6.45) is 5.58. The zero-order valence-corrected chi connectivity index (χ0v) is 14.9. The highest BCUT2D eigenvalue weighted by Crippen LogP contribution is 2.39. The van der Waals surface area contributed by atoms with E-state index in [-0.39, 0.29) is 5.91 Å². The van der Waals surface area contributed by atoms with Gasteiger partial charge in [0.05, 0.1) is 5.57 Å². The number of carbonyl (C=O) groups is 1. The Bertz CT molecular complexity index is 847. The van der Waals surface area contributed by atoms with Gasteiger partial charge < -0.3 is 10.3 Å². The molecule has 4 rings (SSSR count). The number of anilines is 1. The van der Waals surface area contributed by atoms with Crippen molar-refractivity contribution in [1.82, 2.24) is 4.98 Å². The smallest absolute Gasteiger partial charge is 0.256 e. The van der Waals surface area contributed by atoms with E-state index in [4.69, 9.17) is 0 Å². The molecule has 0 bridgehead atoms. The van der Waals surface area contributed by atoms with Crippen molar-refractivity contribution in [1.29, 1.82) is 0 Å². The molecule has 0 saturated carbocycles. The summed E-state index contributed by atoms with van der Waals surface area (Å²) in [5.74, 6) is 0.574. The Balaban J connectivity index is 1.82. The summed E-state index contributed by atoms with van der Waals surface area (Å²) in [7, 11) is 0. The summed E-state index contributed by atoms with van der Waals surface area (Å²) >= 11 is 3.56. The molecule has 1 aromatic heterocycles. The Kier molecular flexibility index (Phi) is 3.45. The predicted molar refractivity (Wildman–Crippen MR) is 97.5 cm³/mol. The van der Waals surface area contributed by atoms with Crippen molar-refractivity contribution in [3.8, 4) is 0 Å². The van der Waals surface area contributed by atoms with Gasteiger partial charge >= 0.3 is 0 Å². The zero-order valence-electron chi connectivity index (χ0n) is 13.3. The Morgan fingerprint density at radius 2 is 2.17 bits per heavy atom. The minimum Gasteiger partial charge on any atom is -0.359 e. The number of hydrogen-bond acceptors (Lipinski definition) is 1. The lowest BCUT2D eigenvalue weighted by molar-refractivity contribution is -0.110. The molecule has 2 N–H and O–H groups in total. The van der Waals surface area contributed by atoms with E-state index in [1.54, 1.807) is 0 Å². The summed E-state index contributed by atoms with van der Waals surface area (Å²) in [5.41, 5.74) is 7.51. The van der Waals surface area contributed by atoms with Crippen LogP contribution >= 0.6 is 15.9 Å². The number of carbonyl (C=O) groups excluding carboxylic acids is 1. The van der Waals surface area contributed by atoms with Crippen LogP contribution in [0.2, 0.25) is 0 Å². The summed E-state index contributed by atoms with van der Waals surface area (Å²) in [4.78, 5) is 15.9. The third-order valence-corrected chi connectivity index (χ3v) is 5.87. The number of halogens is 1. The zero-order chi connectivity index (χ0) is 16.1. The van der Waals surface area contributed by atoms with Gasteiger partial charge in [0.25, 0.3) is 5.91 Å². The van der Waals surface area contributed by atoms with E-state index in [1.165, 1.54) is 24.1 Å². The van der Waals surface area contributed by atoms with E-state index >= 15 is 0 Å². The molecule has 1 aliphatic carbocycles. The highest BCUT2D eigenvalue weighted by molar-refractivity contribution is 9.10. The molecule has 23 heavy (non-hydrogen) atoms. The first kappa shape index (κ1) is 14.8. The maximum atomic E-state index is 12.4. The van der Waals surface area contributed by atoms with E-state index in [9.17, 15) is 4.79 Å². The van der Waals surface area contributed by atoms with Gasteiger partial charge in [-0.2, -0.15) is 0 Å².